The van der Waals surface area contributed by atoms with E-state index in [1.165, 1.54) is 12.1 Å². The maximum Gasteiger partial charge on any atom is 0.257 e. The van der Waals surface area contributed by atoms with E-state index < -0.39 is 17.5 Å². The van der Waals surface area contributed by atoms with E-state index in [1.54, 1.807) is 13.8 Å². The van der Waals surface area contributed by atoms with E-state index in [0.29, 0.717) is 43.1 Å². The Morgan fingerprint density at radius 1 is 1.00 bits per heavy atom. The Hall–Kier alpha value is -2.46. The van der Waals surface area contributed by atoms with Crippen LogP contribution in [0, 0.1) is 11.6 Å². The number of hydrogen-bond donors (Lipinski definition) is 2. The predicted octanol–water partition coefficient (Wildman–Crippen LogP) is 5.05. The Morgan fingerprint density at radius 3 is 2.07 bits per heavy atom. The van der Waals surface area contributed by atoms with Gasteiger partial charge in [-0.25, -0.2) is 8.78 Å². The Balaban J connectivity index is 2.26. The molecule has 2 rings (SSSR count). The van der Waals surface area contributed by atoms with Crippen LogP contribution in [0.25, 0.3) is 0 Å². The molecule has 10 heteroatoms. The molecule has 2 aromatic rings. The zero-order valence-electron chi connectivity index (χ0n) is 16.6. The lowest BCUT2D eigenvalue weighted by Crippen LogP contribution is -2.34. The van der Waals surface area contributed by atoms with E-state index in [0.717, 1.165) is 6.07 Å². The smallest absolute Gasteiger partial charge is 0.257 e. The van der Waals surface area contributed by atoms with Crippen molar-refractivity contribution in [1.82, 2.24) is 5.32 Å². The molecule has 0 aliphatic carbocycles. The second-order valence-electron chi connectivity index (χ2n) is 5.75. The van der Waals surface area contributed by atoms with Crippen LogP contribution in [0.3, 0.4) is 0 Å². The highest BCUT2D eigenvalue weighted by atomic mass is 79.9. The van der Waals surface area contributed by atoms with Gasteiger partial charge in [0.2, 0.25) is 5.75 Å². The van der Waals surface area contributed by atoms with Crippen molar-refractivity contribution in [3.05, 3.63) is 45.9 Å². The summed E-state index contributed by atoms with van der Waals surface area (Å²) in [4.78, 5) is 12.7. The van der Waals surface area contributed by atoms with E-state index in [2.05, 4.69) is 26.6 Å². The highest BCUT2D eigenvalue weighted by molar-refractivity contribution is 9.10. The van der Waals surface area contributed by atoms with Crippen molar-refractivity contribution in [3.63, 3.8) is 0 Å². The summed E-state index contributed by atoms with van der Waals surface area (Å²) in [5.74, 6) is -1.09. The number of carbonyl (C=O) groups excluding carboxylic acids is 1. The number of ether oxygens (including phenoxy) is 3. The molecule has 0 unspecified atom stereocenters. The number of halogens is 3. The first-order chi connectivity index (χ1) is 14.3. The second-order valence-corrected chi connectivity index (χ2v) is 7.02. The monoisotopic (exact) mass is 502 g/mol. The molecule has 0 aliphatic rings. The summed E-state index contributed by atoms with van der Waals surface area (Å²) in [5, 5.41) is 4.82. The molecule has 162 valence electrons. The molecular formula is C20H21BrF2N2O4S. The fourth-order valence-electron chi connectivity index (χ4n) is 2.50. The van der Waals surface area contributed by atoms with Gasteiger partial charge < -0.3 is 19.5 Å². The minimum absolute atomic E-state index is 0.0987. The third-order valence-corrected chi connectivity index (χ3v) is 4.47. The van der Waals surface area contributed by atoms with Gasteiger partial charge in [-0.05, 0) is 67.1 Å². The molecule has 2 aromatic carbocycles. The van der Waals surface area contributed by atoms with Crippen LogP contribution in [-0.2, 0) is 0 Å². The minimum atomic E-state index is -0.864. The fourth-order valence-corrected chi connectivity index (χ4v) is 3.20. The quantitative estimate of drug-likeness (QED) is 0.492. The Labute approximate surface area is 187 Å². The van der Waals surface area contributed by atoms with Gasteiger partial charge in [-0.3, -0.25) is 10.1 Å². The van der Waals surface area contributed by atoms with Gasteiger partial charge in [0, 0.05) is 16.1 Å². The zero-order chi connectivity index (χ0) is 22.3. The molecule has 0 spiro atoms. The Bertz CT molecular complexity index is 893. The molecule has 30 heavy (non-hydrogen) atoms. The van der Waals surface area contributed by atoms with E-state index in [4.69, 9.17) is 26.4 Å². The lowest BCUT2D eigenvalue weighted by Gasteiger charge is -2.17. The van der Waals surface area contributed by atoms with Gasteiger partial charge in [0.15, 0.2) is 22.4 Å². The van der Waals surface area contributed by atoms with Gasteiger partial charge in [-0.2, -0.15) is 0 Å². The summed E-state index contributed by atoms with van der Waals surface area (Å²) in [6.07, 6.45) is 0. The summed E-state index contributed by atoms with van der Waals surface area (Å²) in [6, 6.07) is 4.78. The van der Waals surface area contributed by atoms with Crippen LogP contribution in [0.2, 0.25) is 0 Å². The lowest BCUT2D eigenvalue weighted by molar-refractivity contribution is 0.0976. The van der Waals surface area contributed by atoms with Crippen molar-refractivity contribution in [2.45, 2.75) is 20.8 Å². The molecule has 0 saturated carbocycles. The number of thiocarbonyl (C=S) groups is 1. The summed E-state index contributed by atoms with van der Waals surface area (Å²) in [6.45, 7) is 6.53. The average molecular weight is 503 g/mol. The molecule has 0 aromatic heterocycles. The van der Waals surface area contributed by atoms with E-state index in [-0.39, 0.29) is 20.8 Å². The normalized spacial score (nSPS) is 10.3. The van der Waals surface area contributed by atoms with Crippen molar-refractivity contribution in [2.75, 3.05) is 25.1 Å². The fraction of sp³-hybridized carbons (Fsp3) is 0.300. The van der Waals surface area contributed by atoms with Crippen molar-refractivity contribution in [2.24, 2.45) is 0 Å². The van der Waals surface area contributed by atoms with E-state index in [1.807, 2.05) is 6.92 Å². The number of amides is 1. The molecule has 0 heterocycles. The van der Waals surface area contributed by atoms with Gasteiger partial charge >= 0.3 is 0 Å². The SMILES string of the molecule is CCOc1cc(C(=O)NC(=S)Nc2c(F)cc(F)cc2Br)cc(OCC)c1OCC. The summed E-state index contributed by atoms with van der Waals surface area (Å²) in [5.41, 5.74) is 0.103. The third kappa shape index (κ3) is 6.02. The number of rotatable bonds is 8. The van der Waals surface area contributed by atoms with Crippen molar-refractivity contribution >= 4 is 44.9 Å². The average Bonchev–Trinajstić information content (AvgIpc) is 2.67. The Kier molecular flexibility index (Phi) is 8.79. The first kappa shape index (κ1) is 23.8. The standard InChI is InChI=1S/C20H21BrF2N2O4S/c1-4-27-15-7-11(8-16(28-5-2)18(15)29-6-3)19(26)25-20(30)24-17-13(21)9-12(22)10-14(17)23/h7-10H,4-6H2,1-3H3,(H2,24,25,26,30). The topological polar surface area (TPSA) is 68.8 Å². The van der Waals surface area contributed by atoms with Gasteiger partial charge in [-0.1, -0.05) is 0 Å². The van der Waals surface area contributed by atoms with Gasteiger partial charge in [0.05, 0.1) is 25.5 Å². The molecule has 0 bridgehead atoms. The van der Waals surface area contributed by atoms with E-state index >= 15 is 0 Å². The van der Waals surface area contributed by atoms with Gasteiger partial charge in [0.1, 0.15) is 5.82 Å². The van der Waals surface area contributed by atoms with Gasteiger partial charge in [0.25, 0.3) is 5.91 Å². The predicted molar refractivity (Wildman–Crippen MR) is 118 cm³/mol. The first-order valence-electron chi connectivity index (χ1n) is 9.13. The van der Waals surface area contributed by atoms with Crippen LogP contribution in [0.15, 0.2) is 28.7 Å². The van der Waals surface area contributed by atoms with E-state index in [9.17, 15) is 13.6 Å². The highest BCUT2D eigenvalue weighted by Crippen LogP contribution is 2.39. The van der Waals surface area contributed by atoms with Crippen LogP contribution < -0.4 is 24.8 Å². The van der Waals surface area contributed by atoms with Crippen LogP contribution in [0.5, 0.6) is 17.2 Å². The highest BCUT2D eigenvalue weighted by Gasteiger charge is 2.19. The summed E-state index contributed by atoms with van der Waals surface area (Å²) in [7, 11) is 0. The molecule has 0 fully saturated rings. The molecule has 1 amide bonds. The molecular weight excluding hydrogens is 482 g/mol. The lowest BCUT2D eigenvalue weighted by atomic mass is 10.1. The minimum Gasteiger partial charge on any atom is -0.490 e. The zero-order valence-corrected chi connectivity index (χ0v) is 19.0. The molecule has 6 nitrogen and oxygen atoms in total. The van der Waals surface area contributed by atoms with Crippen molar-refractivity contribution in [3.8, 4) is 17.2 Å². The largest absolute Gasteiger partial charge is 0.490 e. The molecule has 0 saturated heterocycles. The second kappa shape index (κ2) is 11.1. The van der Waals surface area contributed by atoms with Crippen LogP contribution >= 0.6 is 28.1 Å². The molecule has 2 N–H and O–H groups in total. The van der Waals surface area contributed by atoms with Crippen LogP contribution in [0.1, 0.15) is 31.1 Å². The number of hydrogen-bond acceptors (Lipinski definition) is 5. The number of anilines is 1. The molecule has 0 radical (unpaired) electrons. The third-order valence-electron chi connectivity index (χ3n) is 3.64. The summed E-state index contributed by atoms with van der Waals surface area (Å²) < 4.78 is 44.1. The molecule has 0 aliphatic heterocycles. The summed E-state index contributed by atoms with van der Waals surface area (Å²) >= 11 is 8.14. The van der Waals surface area contributed by atoms with Crippen LogP contribution in [-0.4, -0.2) is 30.8 Å². The number of carbonyl (C=O) groups is 1. The van der Waals surface area contributed by atoms with Gasteiger partial charge in [-0.15, -0.1) is 0 Å². The van der Waals surface area contributed by atoms with Crippen molar-refractivity contribution < 1.29 is 27.8 Å². The maximum absolute atomic E-state index is 14.0. The van der Waals surface area contributed by atoms with Crippen molar-refractivity contribution in [1.29, 1.82) is 0 Å². The van der Waals surface area contributed by atoms with Crippen LogP contribution in [0.4, 0.5) is 14.5 Å². The Morgan fingerprint density at radius 2 is 1.57 bits per heavy atom. The number of benzene rings is 2. The number of nitrogens with one attached hydrogen (secondary N) is 2. The molecule has 0 atom stereocenters. The first-order valence-corrected chi connectivity index (χ1v) is 10.3. The maximum atomic E-state index is 14.0.